The van der Waals surface area contributed by atoms with Gasteiger partial charge in [-0.25, -0.2) is 0 Å². The van der Waals surface area contributed by atoms with E-state index in [2.05, 4.69) is 5.32 Å². The molecule has 0 aliphatic rings. The van der Waals surface area contributed by atoms with Crippen LogP contribution < -0.4 is 5.32 Å². The van der Waals surface area contributed by atoms with Crippen LogP contribution >= 0.6 is 0 Å². The van der Waals surface area contributed by atoms with Crippen LogP contribution in [-0.2, 0) is 11.2 Å². The van der Waals surface area contributed by atoms with Crippen LogP contribution in [0.3, 0.4) is 0 Å². The zero-order valence-electron chi connectivity index (χ0n) is 12.6. The molecule has 0 aliphatic heterocycles. The Kier molecular flexibility index (Phi) is 4.24. The molecule has 2 aromatic carbocycles. The van der Waals surface area contributed by atoms with Gasteiger partial charge in [-0.2, -0.15) is 0 Å². The number of carbonyl (C=O) groups is 1. The predicted octanol–water partition coefficient (Wildman–Crippen LogP) is 4.24. The van der Waals surface area contributed by atoms with Crippen molar-refractivity contribution in [2.24, 2.45) is 0 Å². The molecule has 0 spiro atoms. The fraction of sp³-hybridized carbons (Fsp3) is 0.211. The van der Waals surface area contributed by atoms with Gasteiger partial charge in [-0.1, -0.05) is 48.5 Å². The van der Waals surface area contributed by atoms with Gasteiger partial charge in [-0.05, 0) is 31.0 Å². The molecule has 3 aromatic rings. The van der Waals surface area contributed by atoms with Gasteiger partial charge < -0.3 is 9.73 Å². The van der Waals surface area contributed by atoms with Crippen molar-refractivity contribution in [1.82, 2.24) is 5.32 Å². The Morgan fingerprint density at radius 3 is 2.59 bits per heavy atom. The quantitative estimate of drug-likeness (QED) is 0.764. The second kappa shape index (κ2) is 6.48. The predicted molar refractivity (Wildman–Crippen MR) is 87.5 cm³/mol. The van der Waals surface area contributed by atoms with Crippen LogP contribution in [0.25, 0.3) is 11.0 Å². The van der Waals surface area contributed by atoms with Crippen molar-refractivity contribution >= 4 is 16.9 Å². The lowest BCUT2D eigenvalue weighted by atomic mass is 10.1. The normalized spacial score (nSPS) is 12.2. The standard InChI is InChI=1S/C19H19NO2/c1-14(18-13-16-9-5-6-10-17(16)22-18)20-19(21)12-11-15-7-3-2-4-8-15/h2-10,13-14H,11-12H2,1H3,(H,20,21). The molecule has 0 saturated heterocycles. The van der Waals surface area contributed by atoms with E-state index in [4.69, 9.17) is 4.42 Å². The zero-order valence-corrected chi connectivity index (χ0v) is 12.6. The van der Waals surface area contributed by atoms with Crippen molar-refractivity contribution in [2.75, 3.05) is 0 Å². The summed E-state index contributed by atoms with van der Waals surface area (Å²) in [6.07, 6.45) is 1.23. The highest BCUT2D eigenvalue weighted by Gasteiger charge is 2.14. The second-order valence-electron chi connectivity index (χ2n) is 5.46. The van der Waals surface area contributed by atoms with Crippen molar-refractivity contribution in [2.45, 2.75) is 25.8 Å². The first-order valence-corrected chi connectivity index (χ1v) is 7.54. The van der Waals surface area contributed by atoms with Crippen LogP contribution in [-0.4, -0.2) is 5.91 Å². The van der Waals surface area contributed by atoms with Gasteiger partial charge in [0, 0.05) is 11.8 Å². The topological polar surface area (TPSA) is 42.2 Å². The van der Waals surface area contributed by atoms with E-state index >= 15 is 0 Å². The fourth-order valence-electron chi connectivity index (χ4n) is 2.50. The number of carbonyl (C=O) groups excluding carboxylic acids is 1. The van der Waals surface area contributed by atoms with E-state index in [9.17, 15) is 4.79 Å². The summed E-state index contributed by atoms with van der Waals surface area (Å²) in [5, 5.41) is 4.05. The van der Waals surface area contributed by atoms with Crippen molar-refractivity contribution in [3.63, 3.8) is 0 Å². The number of hydrogen-bond donors (Lipinski definition) is 1. The molecule has 1 atom stereocenters. The lowest BCUT2D eigenvalue weighted by Gasteiger charge is -2.11. The highest BCUT2D eigenvalue weighted by Crippen LogP contribution is 2.23. The summed E-state index contributed by atoms with van der Waals surface area (Å²) in [6.45, 7) is 1.94. The molecule has 0 aliphatic carbocycles. The summed E-state index contributed by atoms with van der Waals surface area (Å²) in [7, 11) is 0. The third-order valence-electron chi connectivity index (χ3n) is 3.73. The minimum Gasteiger partial charge on any atom is -0.459 e. The first-order valence-electron chi connectivity index (χ1n) is 7.54. The summed E-state index contributed by atoms with van der Waals surface area (Å²) in [5.74, 6) is 0.825. The molecule has 112 valence electrons. The maximum absolute atomic E-state index is 12.1. The second-order valence-corrected chi connectivity index (χ2v) is 5.46. The molecule has 0 saturated carbocycles. The van der Waals surface area contributed by atoms with Gasteiger partial charge in [0.2, 0.25) is 5.91 Å². The number of amides is 1. The smallest absolute Gasteiger partial charge is 0.220 e. The zero-order chi connectivity index (χ0) is 15.4. The Balaban J connectivity index is 1.58. The largest absolute Gasteiger partial charge is 0.459 e. The third kappa shape index (κ3) is 3.37. The number of fused-ring (bicyclic) bond motifs is 1. The number of nitrogens with one attached hydrogen (secondary N) is 1. The van der Waals surface area contributed by atoms with Gasteiger partial charge in [0.1, 0.15) is 11.3 Å². The highest BCUT2D eigenvalue weighted by atomic mass is 16.3. The fourth-order valence-corrected chi connectivity index (χ4v) is 2.50. The van der Waals surface area contributed by atoms with Crippen LogP contribution in [0.15, 0.2) is 65.1 Å². The third-order valence-corrected chi connectivity index (χ3v) is 3.73. The molecule has 0 radical (unpaired) electrons. The Hall–Kier alpha value is -2.55. The number of furan rings is 1. The number of para-hydroxylation sites is 1. The van der Waals surface area contributed by atoms with E-state index in [1.165, 1.54) is 5.56 Å². The molecule has 3 heteroatoms. The Labute approximate surface area is 130 Å². The first-order chi connectivity index (χ1) is 10.7. The van der Waals surface area contributed by atoms with Gasteiger partial charge >= 0.3 is 0 Å². The summed E-state index contributed by atoms with van der Waals surface area (Å²) >= 11 is 0. The minimum atomic E-state index is -0.129. The molecular formula is C19H19NO2. The molecule has 1 aromatic heterocycles. The maximum Gasteiger partial charge on any atom is 0.220 e. The van der Waals surface area contributed by atoms with Gasteiger partial charge in [0.25, 0.3) is 0 Å². The van der Waals surface area contributed by atoms with Crippen molar-refractivity contribution in [1.29, 1.82) is 0 Å². The summed E-state index contributed by atoms with van der Waals surface area (Å²) in [4.78, 5) is 12.1. The molecule has 0 bridgehead atoms. The lowest BCUT2D eigenvalue weighted by molar-refractivity contribution is -0.121. The molecule has 1 unspecified atom stereocenters. The number of hydrogen-bond acceptors (Lipinski definition) is 2. The number of benzene rings is 2. The lowest BCUT2D eigenvalue weighted by Crippen LogP contribution is -2.26. The number of aryl methyl sites for hydroxylation is 1. The summed E-state index contributed by atoms with van der Waals surface area (Å²) in [5.41, 5.74) is 2.02. The Morgan fingerprint density at radius 1 is 1.09 bits per heavy atom. The van der Waals surface area contributed by atoms with Gasteiger partial charge in [0.05, 0.1) is 6.04 Å². The molecule has 22 heavy (non-hydrogen) atoms. The Morgan fingerprint density at radius 2 is 1.82 bits per heavy atom. The molecule has 3 rings (SSSR count). The van der Waals surface area contributed by atoms with E-state index in [-0.39, 0.29) is 11.9 Å². The molecule has 1 N–H and O–H groups in total. The highest BCUT2D eigenvalue weighted by molar-refractivity contribution is 5.79. The first kappa shape index (κ1) is 14.4. The Bertz CT molecular complexity index is 728. The van der Waals surface area contributed by atoms with E-state index < -0.39 is 0 Å². The van der Waals surface area contributed by atoms with Crippen LogP contribution in [0.5, 0.6) is 0 Å². The van der Waals surface area contributed by atoms with Gasteiger partial charge in [0.15, 0.2) is 0 Å². The van der Waals surface area contributed by atoms with E-state index in [1.54, 1.807) is 0 Å². The van der Waals surface area contributed by atoms with Crippen LogP contribution in [0.4, 0.5) is 0 Å². The SMILES string of the molecule is CC(NC(=O)CCc1ccccc1)c1cc2ccccc2o1. The minimum absolute atomic E-state index is 0.0387. The van der Waals surface area contributed by atoms with Crippen LogP contribution in [0, 0.1) is 0 Å². The van der Waals surface area contributed by atoms with Crippen LogP contribution in [0.2, 0.25) is 0 Å². The van der Waals surface area contributed by atoms with Crippen LogP contribution in [0.1, 0.15) is 30.7 Å². The number of rotatable bonds is 5. The van der Waals surface area contributed by atoms with E-state index in [0.29, 0.717) is 6.42 Å². The van der Waals surface area contributed by atoms with Gasteiger partial charge in [-0.3, -0.25) is 4.79 Å². The van der Waals surface area contributed by atoms with Crippen molar-refractivity contribution in [3.8, 4) is 0 Å². The van der Waals surface area contributed by atoms with E-state index in [0.717, 1.165) is 23.2 Å². The molecule has 1 amide bonds. The summed E-state index contributed by atoms with van der Waals surface area (Å²) in [6, 6.07) is 19.7. The molecule has 3 nitrogen and oxygen atoms in total. The molecule has 0 fully saturated rings. The molecule has 1 heterocycles. The van der Waals surface area contributed by atoms with E-state index in [1.807, 2.05) is 67.6 Å². The maximum atomic E-state index is 12.1. The molecular weight excluding hydrogens is 274 g/mol. The summed E-state index contributed by atoms with van der Waals surface area (Å²) < 4.78 is 5.78. The average Bonchev–Trinajstić information content (AvgIpc) is 2.98. The monoisotopic (exact) mass is 293 g/mol. The van der Waals surface area contributed by atoms with Crippen molar-refractivity contribution < 1.29 is 9.21 Å². The van der Waals surface area contributed by atoms with Crippen molar-refractivity contribution in [3.05, 3.63) is 72.0 Å². The average molecular weight is 293 g/mol. The van der Waals surface area contributed by atoms with Gasteiger partial charge in [-0.15, -0.1) is 0 Å².